The molecule has 1 aromatic carbocycles. The van der Waals surface area contributed by atoms with Crippen LogP contribution in [0.3, 0.4) is 0 Å². The lowest BCUT2D eigenvalue weighted by atomic mass is 9.70. The molecule has 0 aromatic heterocycles. The lowest BCUT2D eigenvalue weighted by Crippen LogP contribution is -2.64. The third kappa shape index (κ3) is 3.72. The summed E-state index contributed by atoms with van der Waals surface area (Å²) in [4.78, 5) is 25.3. The summed E-state index contributed by atoms with van der Waals surface area (Å²) in [6.07, 6.45) is -0.207. The van der Waals surface area contributed by atoms with Crippen molar-refractivity contribution < 1.29 is 39.2 Å². The van der Waals surface area contributed by atoms with Gasteiger partial charge >= 0.3 is 12.7 Å². The lowest BCUT2D eigenvalue weighted by molar-refractivity contribution is -0.146. The Labute approximate surface area is 155 Å². The summed E-state index contributed by atoms with van der Waals surface area (Å²) in [5, 5.41) is 38.2. The van der Waals surface area contributed by atoms with E-state index in [1.165, 1.54) is 17.9 Å². The van der Waals surface area contributed by atoms with Crippen LogP contribution in [0.25, 0.3) is 0 Å². The molecule has 2 aliphatic heterocycles. The summed E-state index contributed by atoms with van der Waals surface area (Å²) in [6.45, 7) is -1.80. The fourth-order valence-electron chi connectivity index (χ4n) is 3.12. The Kier molecular flexibility index (Phi) is 4.81. The predicted octanol–water partition coefficient (Wildman–Crippen LogP) is -1.46. The normalized spacial score (nSPS) is 20.7. The van der Waals surface area contributed by atoms with Crippen molar-refractivity contribution in [1.29, 1.82) is 0 Å². The minimum atomic E-state index is -3.11. The zero-order chi connectivity index (χ0) is 20.0. The van der Waals surface area contributed by atoms with Crippen LogP contribution in [0.5, 0.6) is 11.5 Å². The van der Waals surface area contributed by atoms with Crippen molar-refractivity contribution in [2.45, 2.75) is 31.3 Å². The van der Waals surface area contributed by atoms with Gasteiger partial charge < -0.3 is 40.3 Å². The maximum absolute atomic E-state index is 12.1. The second kappa shape index (κ2) is 6.68. The number of carboxylic acids is 1. The fraction of sp³-hybridized carbons (Fsp3) is 0.500. The molecule has 1 atom stereocenters. The summed E-state index contributed by atoms with van der Waals surface area (Å²) >= 11 is 0. The van der Waals surface area contributed by atoms with E-state index in [0.29, 0.717) is 5.56 Å². The molecule has 0 bridgehead atoms. The number of carbonyl (C=O) groups is 2. The van der Waals surface area contributed by atoms with Crippen LogP contribution in [0, 0.1) is 0 Å². The number of aliphatic hydroxyl groups is 1. The van der Waals surface area contributed by atoms with Gasteiger partial charge in [0.15, 0.2) is 0 Å². The molecule has 1 aromatic rings. The highest BCUT2D eigenvalue weighted by molar-refractivity contribution is 6.59. The van der Waals surface area contributed by atoms with Gasteiger partial charge in [-0.2, -0.15) is 0 Å². The molecule has 1 amide bonds. The van der Waals surface area contributed by atoms with Gasteiger partial charge in [0.25, 0.3) is 0 Å². The first-order valence-corrected chi connectivity index (χ1v) is 8.58. The van der Waals surface area contributed by atoms with E-state index in [-0.39, 0.29) is 42.9 Å². The third-order valence-corrected chi connectivity index (χ3v) is 4.76. The number of amides is 1. The Hall–Kier alpha value is -2.34. The first-order chi connectivity index (χ1) is 12.5. The average Bonchev–Trinajstić information content (AvgIpc) is 2.55. The Bertz CT molecular complexity index is 776. The molecular formula is C16H22BN2O8-. The number of aliphatic hydroxyl groups excluding tert-OH is 1. The quantitative estimate of drug-likeness (QED) is 0.384. The van der Waals surface area contributed by atoms with Gasteiger partial charge in [0.05, 0.1) is 25.4 Å². The predicted molar refractivity (Wildman–Crippen MR) is 93.4 cm³/mol. The zero-order valence-electron chi connectivity index (χ0n) is 14.8. The van der Waals surface area contributed by atoms with Gasteiger partial charge in [-0.15, -0.1) is 0 Å². The second-order valence-corrected chi connectivity index (χ2v) is 7.27. The number of carboxylic acid groups (broad SMARTS) is 1. The number of aryl methyl sites for hydroxylation is 1. The van der Waals surface area contributed by atoms with Crippen molar-refractivity contribution in [3.8, 4) is 11.5 Å². The van der Waals surface area contributed by atoms with Crippen molar-refractivity contribution in [1.82, 2.24) is 4.90 Å². The minimum Gasteiger partial charge on any atom is -0.669 e. The molecule has 0 aliphatic carbocycles. The minimum absolute atomic E-state index is 0.0181. The second-order valence-electron chi connectivity index (χ2n) is 7.27. The van der Waals surface area contributed by atoms with Gasteiger partial charge in [0.2, 0.25) is 5.91 Å². The molecular weight excluding hydrogens is 359 g/mol. The van der Waals surface area contributed by atoms with Crippen molar-refractivity contribution in [3.05, 3.63) is 23.3 Å². The third-order valence-electron chi connectivity index (χ3n) is 4.76. The van der Waals surface area contributed by atoms with E-state index in [9.17, 15) is 24.7 Å². The number of rotatable bonds is 5. The number of likely N-dealkylation sites (tertiary alicyclic amines) is 1. The Balaban J connectivity index is 1.76. The molecule has 148 valence electrons. The van der Waals surface area contributed by atoms with Crippen LogP contribution >= 0.6 is 0 Å². The SMILES string of the molecule is C[C@](N)(CO)C(=O)N1CC(Oc2ccc3c(c2C(=O)O)O[B-](O)(O)CC3)C1. The summed E-state index contributed by atoms with van der Waals surface area (Å²) in [5.74, 6) is -1.84. The molecule has 1 fully saturated rings. The standard InChI is InChI=1S/C16H22BN2O8/c1-16(18,8-20)15(23)19-6-10(7-19)26-11-3-2-9-4-5-17(24,25)27-13(9)12(11)14(21)22/h2-3,10,20,24-25H,4-8,18H2,1H3,(H,21,22)/q-1/t16-/m0/s1. The number of hydrogen-bond acceptors (Lipinski definition) is 8. The van der Waals surface area contributed by atoms with Gasteiger partial charge in [0.1, 0.15) is 23.0 Å². The smallest absolute Gasteiger partial charge is 0.430 e. The van der Waals surface area contributed by atoms with E-state index in [2.05, 4.69) is 0 Å². The fourth-order valence-corrected chi connectivity index (χ4v) is 3.12. The first kappa shape index (κ1) is 19.4. The highest BCUT2D eigenvalue weighted by Crippen LogP contribution is 2.39. The van der Waals surface area contributed by atoms with Gasteiger partial charge in [-0.05, 0) is 25.0 Å². The largest absolute Gasteiger partial charge is 0.669 e. The van der Waals surface area contributed by atoms with E-state index < -0.39 is 36.9 Å². The highest BCUT2D eigenvalue weighted by Gasteiger charge is 2.41. The molecule has 27 heavy (non-hydrogen) atoms. The topological polar surface area (TPSA) is 163 Å². The van der Waals surface area contributed by atoms with Gasteiger partial charge in [-0.25, -0.2) is 4.79 Å². The number of nitrogens with two attached hydrogens (primary N) is 1. The molecule has 0 saturated carbocycles. The number of ether oxygens (including phenoxy) is 1. The Morgan fingerprint density at radius 3 is 2.67 bits per heavy atom. The number of benzene rings is 1. The molecule has 2 aliphatic rings. The van der Waals surface area contributed by atoms with Gasteiger partial charge in [0, 0.05) is 0 Å². The molecule has 2 heterocycles. The molecule has 0 spiro atoms. The van der Waals surface area contributed by atoms with Crippen molar-refractivity contribution in [2.75, 3.05) is 19.7 Å². The lowest BCUT2D eigenvalue weighted by Gasteiger charge is -2.42. The molecule has 0 unspecified atom stereocenters. The summed E-state index contributed by atoms with van der Waals surface area (Å²) in [5.41, 5.74) is 4.59. The highest BCUT2D eigenvalue weighted by atomic mass is 16.6. The average molecular weight is 381 g/mol. The summed E-state index contributed by atoms with van der Waals surface area (Å²) < 4.78 is 10.8. The van der Waals surface area contributed by atoms with E-state index >= 15 is 0 Å². The van der Waals surface area contributed by atoms with Gasteiger partial charge in [-0.1, -0.05) is 12.4 Å². The van der Waals surface area contributed by atoms with E-state index in [4.69, 9.17) is 20.2 Å². The number of nitrogens with zero attached hydrogens (tertiary/aromatic N) is 1. The molecule has 1 saturated heterocycles. The van der Waals surface area contributed by atoms with E-state index in [1.807, 2.05) is 0 Å². The maximum Gasteiger partial charge on any atom is 0.430 e. The van der Waals surface area contributed by atoms with Crippen molar-refractivity contribution in [2.24, 2.45) is 5.73 Å². The number of fused-ring (bicyclic) bond motifs is 1. The number of aromatic carboxylic acids is 1. The van der Waals surface area contributed by atoms with Crippen LogP contribution in [0.2, 0.25) is 6.32 Å². The maximum atomic E-state index is 12.1. The summed E-state index contributed by atoms with van der Waals surface area (Å²) in [7, 11) is 0. The van der Waals surface area contributed by atoms with Crippen LogP contribution in [0.1, 0.15) is 22.8 Å². The molecule has 6 N–H and O–H groups in total. The summed E-state index contributed by atoms with van der Waals surface area (Å²) in [6, 6.07) is 3.11. The molecule has 10 nitrogen and oxygen atoms in total. The number of carbonyl (C=O) groups excluding carboxylic acids is 1. The van der Waals surface area contributed by atoms with Crippen LogP contribution < -0.4 is 15.1 Å². The molecule has 11 heteroatoms. The number of hydrogen-bond donors (Lipinski definition) is 5. The van der Waals surface area contributed by atoms with Gasteiger partial charge in [-0.3, -0.25) is 4.79 Å². The van der Waals surface area contributed by atoms with Crippen LogP contribution in [-0.4, -0.2) is 75.1 Å². The van der Waals surface area contributed by atoms with E-state index in [0.717, 1.165) is 0 Å². The molecule has 0 radical (unpaired) electrons. The van der Waals surface area contributed by atoms with Crippen LogP contribution in [0.15, 0.2) is 12.1 Å². The monoisotopic (exact) mass is 381 g/mol. The zero-order valence-corrected chi connectivity index (χ0v) is 14.8. The first-order valence-electron chi connectivity index (χ1n) is 8.58. The van der Waals surface area contributed by atoms with E-state index in [1.54, 1.807) is 6.07 Å². The molecule has 3 rings (SSSR count). The van der Waals surface area contributed by atoms with Crippen molar-refractivity contribution in [3.63, 3.8) is 0 Å². The van der Waals surface area contributed by atoms with Crippen molar-refractivity contribution >= 4 is 18.6 Å². The Morgan fingerprint density at radius 2 is 2.07 bits per heavy atom. The Morgan fingerprint density at radius 1 is 1.41 bits per heavy atom. The van der Waals surface area contributed by atoms with Crippen LogP contribution in [-0.2, 0) is 11.2 Å². The van der Waals surface area contributed by atoms with Crippen LogP contribution in [0.4, 0.5) is 0 Å².